The maximum absolute atomic E-state index is 13.3. The first-order chi connectivity index (χ1) is 8.47. The number of anilines is 1. The number of nitrogens with one attached hydrogen (secondary N) is 1. The van der Waals surface area contributed by atoms with Crippen LogP contribution < -0.4 is 5.32 Å². The number of aryl methyl sites for hydroxylation is 1. The van der Waals surface area contributed by atoms with E-state index in [2.05, 4.69) is 5.32 Å². The molecule has 1 saturated heterocycles. The quantitative estimate of drug-likeness (QED) is 0.865. The fourth-order valence-corrected chi connectivity index (χ4v) is 1.82. The molecule has 1 fully saturated rings. The minimum atomic E-state index is -0.341. The van der Waals surface area contributed by atoms with Crippen LogP contribution in [0.2, 0.25) is 0 Å². The average Bonchev–Trinajstić information content (AvgIpc) is 2.20. The summed E-state index contributed by atoms with van der Waals surface area (Å²) in [4.78, 5) is 24.4. The van der Waals surface area contributed by atoms with Crippen LogP contribution in [0.15, 0.2) is 18.2 Å². The molecule has 0 bridgehead atoms. The Morgan fingerprint density at radius 2 is 2.06 bits per heavy atom. The molecule has 0 radical (unpaired) electrons. The molecule has 0 saturated carbocycles. The SMILES string of the molecule is CC(=O)N1CC(C(=O)Nc2ccc(C)c(F)c2)C1. The van der Waals surface area contributed by atoms with E-state index in [-0.39, 0.29) is 23.5 Å². The molecule has 0 atom stereocenters. The third kappa shape index (κ3) is 2.50. The lowest BCUT2D eigenvalue weighted by molar-refractivity contribution is -0.139. The lowest BCUT2D eigenvalue weighted by Gasteiger charge is -2.37. The molecular formula is C13H15FN2O2. The molecule has 1 aliphatic rings. The molecule has 5 heteroatoms. The van der Waals surface area contributed by atoms with Crippen molar-refractivity contribution in [2.45, 2.75) is 13.8 Å². The number of likely N-dealkylation sites (tertiary alicyclic amines) is 1. The van der Waals surface area contributed by atoms with Crippen LogP contribution in [0.25, 0.3) is 0 Å². The first-order valence-electron chi connectivity index (χ1n) is 5.80. The highest BCUT2D eigenvalue weighted by Gasteiger charge is 2.34. The maximum Gasteiger partial charge on any atom is 0.231 e. The molecule has 18 heavy (non-hydrogen) atoms. The summed E-state index contributed by atoms with van der Waals surface area (Å²) < 4.78 is 13.3. The van der Waals surface area contributed by atoms with Crippen LogP contribution in [0.5, 0.6) is 0 Å². The number of halogens is 1. The van der Waals surface area contributed by atoms with Crippen molar-refractivity contribution in [3.8, 4) is 0 Å². The summed E-state index contributed by atoms with van der Waals surface area (Å²) in [7, 11) is 0. The van der Waals surface area contributed by atoms with E-state index in [9.17, 15) is 14.0 Å². The van der Waals surface area contributed by atoms with Gasteiger partial charge in [0.25, 0.3) is 0 Å². The average molecular weight is 250 g/mol. The second kappa shape index (κ2) is 4.76. The number of carbonyl (C=O) groups is 2. The van der Waals surface area contributed by atoms with E-state index in [1.165, 1.54) is 13.0 Å². The van der Waals surface area contributed by atoms with E-state index >= 15 is 0 Å². The van der Waals surface area contributed by atoms with Crippen molar-refractivity contribution in [1.82, 2.24) is 4.90 Å². The van der Waals surface area contributed by atoms with Gasteiger partial charge in [-0.05, 0) is 24.6 Å². The van der Waals surface area contributed by atoms with Crippen LogP contribution in [0, 0.1) is 18.7 Å². The molecule has 2 amide bonds. The largest absolute Gasteiger partial charge is 0.341 e. The fourth-order valence-electron chi connectivity index (χ4n) is 1.82. The van der Waals surface area contributed by atoms with Gasteiger partial charge in [-0.25, -0.2) is 4.39 Å². The zero-order chi connectivity index (χ0) is 13.3. The van der Waals surface area contributed by atoms with Gasteiger partial charge in [0, 0.05) is 25.7 Å². The Hall–Kier alpha value is -1.91. The number of amides is 2. The molecule has 0 aliphatic carbocycles. The molecule has 96 valence electrons. The standard InChI is InChI=1S/C13H15FN2O2/c1-8-3-4-11(5-12(8)14)15-13(18)10-6-16(7-10)9(2)17/h3-5,10H,6-7H2,1-2H3,(H,15,18). The van der Waals surface area contributed by atoms with Gasteiger partial charge in [0.05, 0.1) is 5.92 Å². The Morgan fingerprint density at radius 3 is 2.61 bits per heavy atom. The minimum Gasteiger partial charge on any atom is -0.341 e. The topological polar surface area (TPSA) is 49.4 Å². The number of carbonyl (C=O) groups excluding carboxylic acids is 2. The van der Waals surface area contributed by atoms with Crippen LogP contribution >= 0.6 is 0 Å². The van der Waals surface area contributed by atoms with Gasteiger partial charge in [0.2, 0.25) is 11.8 Å². The molecule has 0 unspecified atom stereocenters. The predicted octanol–water partition coefficient (Wildman–Crippen LogP) is 1.55. The smallest absolute Gasteiger partial charge is 0.231 e. The normalized spacial score (nSPS) is 15.2. The maximum atomic E-state index is 13.3. The summed E-state index contributed by atoms with van der Waals surface area (Å²) in [5, 5.41) is 2.65. The molecule has 4 nitrogen and oxygen atoms in total. The molecule has 1 N–H and O–H groups in total. The number of hydrogen-bond acceptors (Lipinski definition) is 2. The van der Waals surface area contributed by atoms with Crippen molar-refractivity contribution >= 4 is 17.5 Å². The molecule has 0 aromatic heterocycles. The number of benzene rings is 1. The lowest BCUT2D eigenvalue weighted by Crippen LogP contribution is -2.53. The van der Waals surface area contributed by atoms with E-state index < -0.39 is 0 Å². The third-order valence-corrected chi connectivity index (χ3v) is 3.14. The number of nitrogens with zero attached hydrogens (tertiary/aromatic N) is 1. The first kappa shape index (κ1) is 12.5. The molecule has 1 aromatic carbocycles. The van der Waals surface area contributed by atoms with Crippen molar-refractivity contribution in [3.63, 3.8) is 0 Å². The van der Waals surface area contributed by atoms with Gasteiger partial charge in [-0.15, -0.1) is 0 Å². The van der Waals surface area contributed by atoms with Crippen molar-refractivity contribution in [1.29, 1.82) is 0 Å². The molecule has 2 rings (SSSR count). The Kier molecular flexibility index (Phi) is 3.32. The second-order valence-electron chi connectivity index (χ2n) is 4.57. The van der Waals surface area contributed by atoms with Gasteiger partial charge < -0.3 is 10.2 Å². The Labute approximate surface area is 105 Å². The van der Waals surface area contributed by atoms with Gasteiger partial charge in [-0.3, -0.25) is 9.59 Å². The minimum absolute atomic E-state index is 0.0274. The van der Waals surface area contributed by atoms with Crippen LogP contribution in [0.1, 0.15) is 12.5 Å². The summed E-state index contributed by atoms with van der Waals surface area (Å²) in [5.41, 5.74) is 0.990. The van der Waals surface area contributed by atoms with Gasteiger partial charge in [-0.1, -0.05) is 6.07 Å². The van der Waals surface area contributed by atoms with Crippen LogP contribution in [0.4, 0.5) is 10.1 Å². The van der Waals surface area contributed by atoms with Crippen molar-refractivity contribution in [2.75, 3.05) is 18.4 Å². The van der Waals surface area contributed by atoms with Crippen LogP contribution in [0.3, 0.4) is 0 Å². The fraction of sp³-hybridized carbons (Fsp3) is 0.385. The molecule has 1 heterocycles. The molecular weight excluding hydrogens is 235 g/mol. The van der Waals surface area contributed by atoms with E-state index in [1.807, 2.05) is 0 Å². The van der Waals surface area contributed by atoms with Crippen LogP contribution in [-0.4, -0.2) is 29.8 Å². The van der Waals surface area contributed by atoms with E-state index in [1.54, 1.807) is 24.0 Å². The zero-order valence-electron chi connectivity index (χ0n) is 10.4. The molecule has 1 aliphatic heterocycles. The van der Waals surface area contributed by atoms with Crippen molar-refractivity contribution < 1.29 is 14.0 Å². The summed E-state index contributed by atoms with van der Waals surface area (Å²) in [5.74, 6) is -0.735. The lowest BCUT2D eigenvalue weighted by atomic mass is 9.99. The van der Waals surface area contributed by atoms with E-state index in [0.717, 1.165) is 0 Å². The van der Waals surface area contributed by atoms with Gasteiger partial charge >= 0.3 is 0 Å². The summed E-state index contributed by atoms with van der Waals surface area (Å²) in [6.07, 6.45) is 0. The highest BCUT2D eigenvalue weighted by molar-refractivity contribution is 5.94. The third-order valence-electron chi connectivity index (χ3n) is 3.14. The Morgan fingerprint density at radius 1 is 1.39 bits per heavy atom. The zero-order valence-corrected chi connectivity index (χ0v) is 10.4. The van der Waals surface area contributed by atoms with Crippen LogP contribution in [-0.2, 0) is 9.59 Å². The van der Waals surface area contributed by atoms with E-state index in [0.29, 0.717) is 24.3 Å². The first-order valence-corrected chi connectivity index (χ1v) is 5.80. The summed E-state index contributed by atoms with van der Waals surface area (Å²) in [6.45, 7) is 4.02. The monoisotopic (exact) mass is 250 g/mol. The number of hydrogen-bond donors (Lipinski definition) is 1. The van der Waals surface area contributed by atoms with Gasteiger partial charge in [0.15, 0.2) is 0 Å². The predicted molar refractivity (Wildman–Crippen MR) is 65.5 cm³/mol. The summed E-state index contributed by atoms with van der Waals surface area (Å²) in [6, 6.07) is 4.58. The number of rotatable bonds is 2. The molecule has 0 spiro atoms. The highest BCUT2D eigenvalue weighted by Crippen LogP contribution is 2.19. The highest BCUT2D eigenvalue weighted by atomic mass is 19.1. The van der Waals surface area contributed by atoms with Gasteiger partial charge in [0.1, 0.15) is 5.82 Å². The van der Waals surface area contributed by atoms with E-state index in [4.69, 9.17) is 0 Å². The summed E-state index contributed by atoms with van der Waals surface area (Å²) >= 11 is 0. The van der Waals surface area contributed by atoms with Crippen molar-refractivity contribution in [3.05, 3.63) is 29.6 Å². The second-order valence-corrected chi connectivity index (χ2v) is 4.57. The Balaban J connectivity index is 1.92. The molecule has 1 aromatic rings. The van der Waals surface area contributed by atoms with Gasteiger partial charge in [-0.2, -0.15) is 0 Å². The Bertz CT molecular complexity index is 496. The van der Waals surface area contributed by atoms with Crippen molar-refractivity contribution in [2.24, 2.45) is 5.92 Å².